The van der Waals surface area contributed by atoms with Crippen molar-refractivity contribution in [3.63, 3.8) is 0 Å². The largest absolute Gasteiger partial charge is 0.494 e. The van der Waals surface area contributed by atoms with Crippen LogP contribution in [-0.2, 0) is 6.42 Å². The molecule has 0 bridgehead atoms. The SMILES string of the molecule is CCCCCc1ccc(C(=O)Oc2ccc(OCCCC(C)CCCC)cc2)cc1. The molecule has 2 aromatic carbocycles. The highest BCUT2D eigenvalue weighted by Crippen LogP contribution is 2.20. The van der Waals surface area contributed by atoms with E-state index in [-0.39, 0.29) is 5.97 Å². The van der Waals surface area contributed by atoms with Crippen molar-refractivity contribution in [2.24, 2.45) is 5.92 Å². The number of unbranched alkanes of at least 4 members (excludes halogenated alkanes) is 3. The van der Waals surface area contributed by atoms with Crippen molar-refractivity contribution in [2.45, 2.75) is 78.6 Å². The zero-order chi connectivity index (χ0) is 21.6. The molecular formula is C27H38O3. The Morgan fingerprint density at radius 1 is 0.800 bits per heavy atom. The van der Waals surface area contributed by atoms with Crippen LogP contribution in [0.25, 0.3) is 0 Å². The molecule has 0 aliphatic carbocycles. The predicted molar refractivity (Wildman–Crippen MR) is 124 cm³/mol. The molecule has 0 amide bonds. The quantitative estimate of drug-likeness (QED) is 0.182. The maximum absolute atomic E-state index is 12.4. The lowest BCUT2D eigenvalue weighted by atomic mass is 9.99. The molecule has 1 unspecified atom stereocenters. The van der Waals surface area contributed by atoms with E-state index in [1.807, 2.05) is 36.4 Å². The van der Waals surface area contributed by atoms with Crippen molar-refractivity contribution in [1.29, 1.82) is 0 Å². The molecule has 0 heterocycles. The molecule has 0 aromatic heterocycles. The van der Waals surface area contributed by atoms with Gasteiger partial charge in [0.05, 0.1) is 12.2 Å². The van der Waals surface area contributed by atoms with Gasteiger partial charge >= 0.3 is 5.97 Å². The van der Waals surface area contributed by atoms with Crippen molar-refractivity contribution >= 4 is 5.97 Å². The molecule has 0 saturated heterocycles. The van der Waals surface area contributed by atoms with Gasteiger partial charge in [0.2, 0.25) is 0 Å². The fraction of sp³-hybridized carbons (Fsp3) is 0.519. The van der Waals surface area contributed by atoms with E-state index in [0.717, 1.165) is 31.1 Å². The number of benzene rings is 2. The Morgan fingerprint density at radius 3 is 2.10 bits per heavy atom. The van der Waals surface area contributed by atoms with Crippen molar-refractivity contribution in [3.8, 4) is 11.5 Å². The maximum atomic E-state index is 12.4. The Labute approximate surface area is 182 Å². The smallest absolute Gasteiger partial charge is 0.343 e. The molecule has 164 valence electrons. The van der Waals surface area contributed by atoms with Gasteiger partial charge in [-0.15, -0.1) is 0 Å². The van der Waals surface area contributed by atoms with E-state index in [4.69, 9.17) is 9.47 Å². The first-order chi connectivity index (χ1) is 14.6. The topological polar surface area (TPSA) is 35.5 Å². The molecule has 30 heavy (non-hydrogen) atoms. The number of rotatable bonds is 14. The van der Waals surface area contributed by atoms with Crippen LogP contribution in [0.3, 0.4) is 0 Å². The van der Waals surface area contributed by atoms with Gasteiger partial charge in [-0.25, -0.2) is 4.79 Å². The number of hydrogen-bond donors (Lipinski definition) is 0. The van der Waals surface area contributed by atoms with Gasteiger partial charge in [0, 0.05) is 0 Å². The molecule has 0 spiro atoms. The minimum Gasteiger partial charge on any atom is -0.494 e. The lowest BCUT2D eigenvalue weighted by molar-refractivity contribution is 0.0734. The van der Waals surface area contributed by atoms with Gasteiger partial charge in [0.15, 0.2) is 0 Å². The highest BCUT2D eigenvalue weighted by molar-refractivity contribution is 5.91. The van der Waals surface area contributed by atoms with Gasteiger partial charge < -0.3 is 9.47 Å². The van der Waals surface area contributed by atoms with Gasteiger partial charge in [-0.05, 0) is 73.6 Å². The number of aryl methyl sites for hydroxylation is 1. The number of ether oxygens (including phenoxy) is 2. The second-order valence-electron chi connectivity index (χ2n) is 8.25. The summed E-state index contributed by atoms with van der Waals surface area (Å²) in [6, 6.07) is 15.0. The summed E-state index contributed by atoms with van der Waals surface area (Å²) in [6.07, 6.45) is 10.8. The Bertz CT molecular complexity index is 719. The molecular weight excluding hydrogens is 372 g/mol. The van der Waals surface area contributed by atoms with E-state index in [1.54, 1.807) is 12.1 Å². The molecule has 2 aromatic rings. The Morgan fingerprint density at radius 2 is 1.43 bits per heavy atom. The highest BCUT2D eigenvalue weighted by Gasteiger charge is 2.09. The van der Waals surface area contributed by atoms with E-state index in [9.17, 15) is 4.79 Å². The Hall–Kier alpha value is -2.29. The first-order valence-electron chi connectivity index (χ1n) is 11.7. The molecule has 3 nitrogen and oxygen atoms in total. The van der Waals surface area contributed by atoms with Crippen LogP contribution in [-0.4, -0.2) is 12.6 Å². The molecule has 0 N–H and O–H groups in total. The number of carbonyl (C=O) groups is 1. The summed E-state index contributed by atoms with van der Waals surface area (Å²) in [5.41, 5.74) is 1.84. The lowest BCUT2D eigenvalue weighted by Crippen LogP contribution is -2.08. The molecule has 3 heteroatoms. The number of carbonyl (C=O) groups excluding carboxylic acids is 1. The van der Waals surface area contributed by atoms with Gasteiger partial charge in [-0.3, -0.25) is 0 Å². The van der Waals surface area contributed by atoms with Crippen LogP contribution in [0.2, 0.25) is 0 Å². The average Bonchev–Trinajstić information content (AvgIpc) is 2.77. The summed E-state index contributed by atoms with van der Waals surface area (Å²) in [5.74, 6) is 1.78. The van der Waals surface area contributed by atoms with Gasteiger partial charge in [-0.1, -0.05) is 65.0 Å². The van der Waals surface area contributed by atoms with Crippen molar-refractivity contribution in [2.75, 3.05) is 6.61 Å². The molecule has 0 aliphatic rings. The van der Waals surface area contributed by atoms with Crippen LogP contribution in [0.5, 0.6) is 11.5 Å². The molecule has 0 fully saturated rings. The van der Waals surface area contributed by atoms with Crippen LogP contribution in [0.15, 0.2) is 48.5 Å². The second-order valence-corrected chi connectivity index (χ2v) is 8.25. The van der Waals surface area contributed by atoms with Gasteiger partial charge in [-0.2, -0.15) is 0 Å². The summed E-state index contributed by atoms with van der Waals surface area (Å²) < 4.78 is 11.3. The van der Waals surface area contributed by atoms with Crippen LogP contribution < -0.4 is 9.47 Å². The van der Waals surface area contributed by atoms with Crippen LogP contribution in [0, 0.1) is 5.92 Å². The summed E-state index contributed by atoms with van der Waals surface area (Å²) in [4.78, 5) is 12.4. The highest BCUT2D eigenvalue weighted by atomic mass is 16.5. The summed E-state index contributed by atoms with van der Waals surface area (Å²) in [6.45, 7) is 7.48. The van der Waals surface area contributed by atoms with Crippen LogP contribution in [0.4, 0.5) is 0 Å². The van der Waals surface area contributed by atoms with Gasteiger partial charge in [0.1, 0.15) is 11.5 Å². The molecule has 1 atom stereocenters. The van der Waals surface area contributed by atoms with Crippen LogP contribution in [0.1, 0.15) is 88.1 Å². The van der Waals surface area contributed by atoms with Crippen LogP contribution >= 0.6 is 0 Å². The zero-order valence-corrected chi connectivity index (χ0v) is 19.0. The first-order valence-corrected chi connectivity index (χ1v) is 11.7. The monoisotopic (exact) mass is 410 g/mol. The Kier molecular flexibility index (Phi) is 11.1. The third-order valence-electron chi connectivity index (χ3n) is 5.45. The van der Waals surface area contributed by atoms with E-state index >= 15 is 0 Å². The van der Waals surface area contributed by atoms with E-state index in [1.165, 1.54) is 50.5 Å². The molecule has 2 rings (SSSR count). The van der Waals surface area contributed by atoms with E-state index in [0.29, 0.717) is 11.3 Å². The third-order valence-corrected chi connectivity index (χ3v) is 5.45. The number of esters is 1. The summed E-state index contributed by atoms with van der Waals surface area (Å²) >= 11 is 0. The molecule has 0 radical (unpaired) electrons. The van der Waals surface area contributed by atoms with Gasteiger partial charge in [0.25, 0.3) is 0 Å². The fourth-order valence-corrected chi connectivity index (χ4v) is 3.48. The third kappa shape index (κ3) is 9.02. The first kappa shape index (κ1) is 24.0. The number of hydrogen-bond acceptors (Lipinski definition) is 3. The minimum atomic E-state index is -0.329. The standard InChI is InChI=1S/C27H38O3/c1-4-6-8-12-23-13-15-24(16-14-23)27(28)30-26-19-17-25(18-20-26)29-21-9-11-22(3)10-7-5-2/h13-20,22H,4-12,21H2,1-3H3. The van der Waals surface area contributed by atoms with Crippen molar-refractivity contribution < 1.29 is 14.3 Å². The molecule has 0 aliphatic heterocycles. The summed E-state index contributed by atoms with van der Waals surface area (Å²) in [5, 5.41) is 0. The predicted octanol–water partition coefficient (Wildman–Crippen LogP) is 7.62. The Balaban J connectivity index is 1.73. The average molecular weight is 411 g/mol. The maximum Gasteiger partial charge on any atom is 0.343 e. The summed E-state index contributed by atoms with van der Waals surface area (Å²) in [7, 11) is 0. The van der Waals surface area contributed by atoms with E-state index < -0.39 is 0 Å². The minimum absolute atomic E-state index is 0.329. The second kappa shape index (κ2) is 13.8. The molecule has 0 saturated carbocycles. The fourth-order valence-electron chi connectivity index (χ4n) is 3.48. The van der Waals surface area contributed by atoms with Crippen molar-refractivity contribution in [3.05, 3.63) is 59.7 Å². The normalized spacial score (nSPS) is 11.8. The lowest BCUT2D eigenvalue weighted by Gasteiger charge is -2.11. The van der Waals surface area contributed by atoms with E-state index in [2.05, 4.69) is 20.8 Å². The zero-order valence-electron chi connectivity index (χ0n) is 19.0. The van der Waals surface area contributed by atoms with Crippen molar-refractivity contribution in [1.82, 2.24) is 0 Å².